The van der Waals surface area contributed by atoms with Crippen molar-refractivity contribution in [2.75, 3.05) is 0 Å². The van der Waals surface area contributed by atoms with Crippen molar-refractivity contribution in [2.24, 2.45) is 17.8 Å². The number of fused-ring (bicyclic) bond motifs is 1. The van der Waals surface area contributed by atoms with Gasteiger partial charge in [-0.05, 0) is 49.9 Å². The molecule has 0 N–H and O–H groups in total. The van der Waals surface area contributed by atoms with Crippen molar-refractivity contribution < 1.29 is 0 Å². The molecule has 0 heteroatoms. The van der Waals surface area contributed by atoms with Crippen molar-refractivity contribution >= 4 is 0 Å². The summed E-state index contributed by atoms with van der Waals surface area (Å²) in [5, 5.41) is 0. The molecule has 2 aliphatic carbocycles. The van der Waals surface area contributed by atoms with Crippen LogP contribution in [0.2, 0.25) is 0 Å². The lowest BCUT2D eigenvalue weighted by Gasteiger charge is -2.32. The minimum atomic E-state index is 0. The maximum atomic E-state index is 2.48. The molecule has 2 radical (unpaired) electrons. The van der Waals surface area contributed by atoms with Crippen molar-refractivity contribution in [2.45, 2.75) is 39.0 Å². The van der Waals surface area contributed by atoms with Gasteiger partial charge in [0.15, 0.2) is 0 Å². The van der Waals surface area contributed by atoms with Gasteiger partial charge in [-0.2, -0.15) is 0 Å². The smallest absolute Gasteiger partial charge is 0.0199 e. The van der Waals surface area contributed by atoms with E-state index in [0.29, 0.717) is 0 Å². The standard InChI is InChI=1S/C13H20.CH2/c1-11-7-3-2-4-8-12-9-5-6-10-13(11)12;/h3,5,7,9,11-13H,2,4,6,8,10H2,1H3;1H2. The van der Waals surface area contributed by atoms with Gasteiger partial charge in [-0.25, -0.2) is 0 Å². The van der Waals surface area contributed by atoms with Gasteiger partial charge in [0.05, 0.1) is 0 Å². The first-order valence-electron chi connectivity index (χ1n) is 5.71. The largest absolute Gasteiger partial charge is 0.0883 e. The summed E-state index contributed by atoms with van der Waals surface area (Å²) in [5.74, 6) is 2.62. The van der Waals surface area contributed by atoms with Crippen LogP contribution in [0.5, 0.6) is 0 Å². The fourth-order valence-corrected chi connectivity index (χ4v) is 2.80. The van der Waals surface area contributed by atoms with Crippen molar-refractivity contribution in [3.05, 3.63) is 31.7 Å². The highest BCUT2D eigenvalue weighted by Crippen LogP contribution is 2.36. The molecule has 14 heavy (non-hydrogen) atoms. The van der Waals surface area contributed by atoms with Gasteiger partial charge in [0, 0.05) is 0 Å². The van der Waals surface area contributed by atoms with Gasteiger partial charge < -0.3 is 0 Å². The molecule has 3 atom stereocenters. The molecule has 0 aromatic rings. The van der Waals surface area contributed by atoms with Crippen molar-refractivity contribution in [3.8, 4) is 0 Å². The van der Waals surface area contributed by atoms with E-state index in [1.807, 2.05) is 0 Å². The van der Waals surface area contributed by atoms with E-state index in [1.54, 1.807) is 0 Å². The van der Waals surface area contributed by atoms with Gasteiger partial charge in [0.1, 0.15) is 0 Å². The van der Waals surface area contributed by atoms with Gasteiger partial charge in [-0.3, -0.25) is 0 Å². The molecule has 78 valence electrons. The van der Waals surface area contributed by atoms with Crippen LogP contribution in [0.15, 0.2) is 24.3 Å². The minimum Gasteiger partial charge on any atom is -0.0883 e. The van der Waals surface area contributed by atoms with E-state index >= 15 is 0 Å². The second-order valence-corrected chi connectivity index (χ2v) is 4.55. The summed E-state index contributed by atoms with van der Waals surface area (Å²) < 4.78 is 0. The first-order chi connectivity index (χ1) is 6.38. The number of rotatable bonds is 0. The van der Waals surface area contributed by atoms with Crippen LogP contribution in [0.1, 0.15) is 39.0 Å². The summed E-state index contributed by atoms with van der Waals surface area (Å²) in [6.07, 6.45) is 16.5. The van der Waals surface area contributed by atoms with Gasteiger partial charge >= 0.3 is 0 Å². The summed E-state index contributed by atoms with van der Waals surface area (Å²) in [5.41, 5.74) is 0. The zero-order valence-corrected chi connectivity index (χ0v) is 9.28. The predicted molar refractivity (Wildman–Crippen MR) is 62.9 cm³/mol. The zero-order valence-electron chi connectivity index (χ0n) is 9.28. The van der Waals surface area contributed by atoms with Crippen LogP contribution in [0, 0.1) is 25.2 Å². The van der Waals surface area contributed by atoms with Crippen LogP contribution in [0.4, 0.5) is 0 Å². The lowest BCUT2D eigenvalue weighted by molar-refractivity contribution is 0.269. The SMILES string of the molecule is CC1C=CCCCC2C=CCCC12.[CH2]. The fourth-order valence-electron chi connectivity index (χ4n) is 2.80. The van der Waals surface area contributed by atoms with E-state index < -0.39 is 0 Å². The summed E-state index contributed by atoms with van der Waals surface area (Å²) in [6, 6.07) is 0. The van der Waals surface area contributed by atoms with Crippen LogP contribution in [-0.2, 0) is 0 Å². The van der Waals surface area contributed by atoms with E-state index in [0.717, 1.165) is 17.8 Å². The Morgan fingerprint density at radius 3 is 2.64 bits per heavy atom. The third kappa shape index (κ3) is 2.50. The number of hydrogen-bond donors (Lipinski definition) is 0. The average Bonchev–Trinajstić information content (AvgIpc) is 2.14. The lowest BCUT2D eigenvalue weighted by atomic mass is 9.73. The average molecular weight is 190 g/mol. The van der Waals surface area contributed by atoms with Crippen LogP contribution in [0.3, 0.4) is 0 Å². The highest BCUT2D eigenvalue weighted by molar-refractivity contribution is 5.03. The molecule has 2 aliphatic rings. The first-order valence-corrected chi connectivity index (χ1v) is 5.71. The Morgan fingerprint density at radius 1 is 1.00 bits per heavy atom. The summed E-state index contributed by atoms with van der Waals surface area (Å²) in [7, 11) is 0. The molecule has 0 aliphatic heterocycles. The number of allylic oxidation sites excluding steroid dienone is 4. The molecule has 3 unspecified atom stereocenters. The highest BCUT2D eigenvalue weighted by Gasteiger charge is 2.25. The van der Waals surface area contributed by atoms with Crippen molar-refractivity contribution in [1.29, 1.82) is 0 Å². The molecule has 0 bridgehead atoms. The Labute approximate surface area is 89.1 Å². The maximum absolute atomic E-state index is 2.48. The Kier molecular flexibility index (Phi) is 4.44. The van der Waals surface area contributed by atoms with Gasteiger partial charge in [0.2, 0.25) is 0 Å². The predicted octanol–water partition coefficient (Wildman–Crippen LogP) is 4.27. The number of hydrogen-bond acceptors (Lipinski definition) is 0. The third-order valence-electron chi connectivity index (χ3n) is 3.62. The molecule has 0 saturated heterocycles. The Morgan fingerprint density at radius 2 is 1.79 bits per heavy atom. The normalized spacial score (nSPS) is 36.5. The maximum Gasteiger partial charge on any atom is -0.0199 e. The molecule has 0 aromatic heterocycles. The van der Waals surface area contributed by atoms with Crippen LogP contribution in [0.25, 0.3) is 0 Å². The minimum absolute atomic E-state index is 0. The zero-order chi connectivity index (χ0) is 9.10. The second-order valence-electron chi connectivity index (χ2n) is 4.55. The Bertz CT molecular complexity index is 212. The Balaban J connectivity index is 0.000000980. The first kappa shape index (κ1) is 11.6. The molecule has 0 heterocycles. The van der Waals surface area contributed by atoms with E-state index in [9.17, 15) is 0 Å². The molecular weight excluding hydrogens is 168 g/mol. The summed E-state index contributed by atoms with van der Waals surface area (Å²) in [4.78, 5) is 0. The lowest BCUT2D eigenvalue weighted by Crippen LogP contribution is -2.22. The molecule has 0 amide bonds. The second kappa shape index (κ2) is 5.38. The van der Waals surface area contributed by atoms with Gasteiger partial charge in [0.25, 0.3) is 0 Å². The Hall–Kier alpha value is -0.520. The van der Waals surface area contributed by atoms with Crippen LogP contribution >= 0.6 is 0 Å². The monoisotopic (exact) mass is 190 g/mol. The molecule has 2 rings (SSSR count). The van der Waals surface area contributed by atoms with E-state index in [2.05, 4.69) is 31.2 Å². The fraction of sp³-hybridized carbons (Fsp3) is 0.643. The topological polar surface area (TPSA) is 0 Å². The molecule has 0 nitrogen and oxygen atoms in total. The quantitative estimate of drug-likeness (QED) is 0.500. The van der Waals surface area contributed by atoms with Gasteiger partial charge in [-0.1, -0.05) is 38.7 Å². The molecule has 0 spiro atoms. The van der Waals surface area contributed by atoms with Crippen LogP contribution < -0.4 is 0 Å². The molecule has 0 saturated carbocycles. The molecule has 0 aromatic carbocycles. The van der Waals surface area contributed by atoms with Crippen molar-refractivity contribution in [1.82, 2.24) is 0 Å². The third-order valence-corrected chi connectivity index (χ3v) is 3.62. The summed E-state index contributed by atoms with van der Waals surface area (Å²) in [6.45, 7) is 2.39. The molecular formula is C14H22. The highest BCUT2D eigenvalue weighted by atomic mass is 14.3. The van der Waals surface area contributed by atoms with Crippen molar-refractivity contribution in [3.63, 3.8) is 0 Å². The van der Waals surface area contributed by atoms with E-state index in [1.165, 1.54) is 32.1 Å². The van der Waals surface area contributed by atoms with Crippen LogP contribution in [-0.4, -0.2) is 0 Å². The van der Waals surface area contributed by atoms with Gasteiger partial charge in [-0.15, -0.1) is 0 Å². The van der Waals surface area contributed by atoms with E-state index in [-0.39, 0.29) is 7.43 Å². The summed E-state index contributed by atoms with van der Waals surface area (Å²) >= 11 is 0. The molecule has 0 fully saturated rings. The van der Waals surface area contributed by atoms with E-state index in [4.69, 9.17) is 0 Å².